The predicted octanol–water partition coefficient (Wildman–Crippen LogP) is 4.45. The molecular formula is C21H21ClN4O2S. The number of amides is 2. The molecule has 0 radical (unpaired) electrons. The van der Waals surface area contributed by atoms with Crippen molar-refractivity contribution in [1.82, 2.24) is 9.78 Å². The third-order valence-corrected chi connectivity index (χ3v) is 5.09. The van der Waals surface area contributed by atoms with Gasteiger partial charge >= 0.3 is 0 Å². The molecule has 0 saturated carbocycles. The minimum atomic E-state index is -0.207. The Bertz CT molecular complexity index is 1040. The predicted molar refractivity (Wildman–Crippen MR) is 119 cm³/mol. The maximum absolute atomic E-state index is 12.3. The Kier molecular flexibility index (Phi) is 6.95. The van der Waals surface area contributed by atoms with E-state index in [0.717, 1.165) is 22.6 Å². The van der Waals surface area contributed by atoms with E-state index in [0.29, 0.717) is 10.8 Å². The van der Waals surface area contributed by atoms with Gasteiger partial charge in [-0.2, -0.15) is 5.10 Å². The summed E-state index contributed by atoms with van der Waals surface area (Å²) < 4.78 is 1.63. The minimum Gasteiger partial charge on any atom is -0.325 e. The van der Waals surface area contributed by atoms with E-state index in [9.17, 15) is 9.59 Å². The number of anilines is 2. The fourth-order valence-electron chi connectivity index (χ4n) is 2.73. The molecule has 2 amide bonds. The summed E-state index contributed by atoms with van der Waals surface area (Å²) >= 11 is 7.30. The molecule has 0 fully saturated rings. The first-order valence-corrected chi connectivity index (χ1v) is 10.5. The molecule has 1 aromatic heterocycles. The molecule has 6 nitrogen and oxygen atoms in total. The topological polar surface area (TPSA) is 76.0 Å². The van der Waals surface area contributed by atoms with E-state index in [2.05, 4.69) is 15.7 Å². The maximum Gasteiger partial charge on any atom is 0.235 e. The molecule has 3 aromatic rings. The van der Waals surface area contributed by atoms with Crippen LogP contribution in [0, 0.1) is 13.8 Å². The van der Waals surface area contributed by atoms with Gasteiger partial charge in [0.1, 0.15) is 5.82 Å². The lowest BCUT2D eigenvalue weighted by Gasteiger charge is -2.09. The first-order valence-electron chi connectivity index (χ1n) is 8.97. The Hall–Kier alpha value is -2.77. The van der Waals surface area contributed by atoms with Gasteiger partial charge in [-0.3, -0.25) is 9.59 Å². The van der Waals surface area contributed by atoms with Gasteiger partial charge < -0.3 is 10.6 Å². The van der Waals surface area contributed by atoms with Crippen molar-refractivity contribution >= 4 is 46.7 Å². The zero-order valence-corrected chi connectivity index (χ0v) is 17.7. The quantitative estimate of drug-likeness (QED) is 0.582. The number of rotatable bonds is 7. The van der Waals surface area contributed by atoms with E-state index in [1.165, 1.54) is 11.8 Å². The summed E-state index contributed by atoms with van der Waals surface area (Å²) in [5, 5.41) is 10.7. The summed E-state index contributed by atoms with van der Waals surface area (Å²) in [5.41, 5.74) is 3.35. The van der Waals surface area contributed by atoms with Crippen molar-refractivity contribution in [2.75, 3.05) is 22.1 Å². The number of hydrogen-bond acceptors (Lipinski definition) is 4. The Morgan fingerprint density at radius 3 is 2.45 bits per heavy atom. The highest BCUT2D eigenvalue weighted by Gasteiger charge is 2.12. The standard InChI is InChI=1S/C21H21ClN4O2S/c1-14-5-3-7-17(9-14)23-20(27)12-29-13-21(28)24-19-10-15(2)25-26(19)18-8-4-6-16(22)11-18/h3-11H,12-13H2,1-2H3,(H,23,27)(H,24,28). The van der Waals surface area contributed by atoms with E-state index < -0.39 is 0 Å². The molecule has 29 heavy (non-hydrogen) atoms. The zero-order valence-electron chi connectivity index (χ0n) is 16.1. The molecule has 3 rings (SSSR count). The van der Waals surface area contributed by atoms with E-state index in [4.69, 9.17) is 11.6 Å². The van der Waals surface area contributed by atoms with Crippen LogP contribution in [0.25, 0.3) is 5.69 Å². The molecule has 0 saturated heterocycles. The van der Waals surface area contributed by atoms with Crippen LogP contribution in [-0.4, -0.2) is 33.1 Å². The molecule has 1 heterocycles. The lowest BCUT2D eigenvalue weighted by Crippen LogP contribution is -2.19. The van der Waals surface area contributed by atoms with Gasteiger partial charge in [-0.05, 0) is 49.7 Å². The van der Waals surface area contributed by atoms with Gasteiger partial charge in [-0.25, -0.2) is 4.68 Å². The second-order valence-corrected chi connectivity index (χ2v) is 7.94. The van der Waals surface area contributed by atoms with E-state index in [1.807, 2.05) is 50.2 Å². The van der Waals surface area contributed by atoms with Crippen LogP contribution in [0.2, 0.25) is 5.02 Å². The number of aryl methyl sites for hydroxylation is 2. The third-order valence-electron chi connectivity index (χ3n) is 3.92. The van der Waals surface area contributed by atoms with Gasteiger partial charge in [0.05, 0.1) is 22.9 Å². The highest BCUT2D eigenvalue weighted by atomic mass is 35.5. The number of benzene rings is 2. The van der Waals surface area contributed by atoms with Crippen LogP contribution in [0.3, 0.4) is 0 Å². The van der Waals surface area contributed by atoms with Crippen molar-refractivity contribution in [1.29, 1.82) is 0 Å². The maximum atomic E-state index is 12.3. The SMILES string of the molecule is Cc1cccc(NC(=O)CSCC(=O)Nc2cc(C)nn2-c2cccc(Cl)c2)c1. The first-order chi connectivity index (χ1) is 13.9. The van der Waals surface area contributed by atoms with Crippen LogP contribution in [0.4, 0.5) is 11.5 Å². The summed E-state index contributed by atoms with van der Waals surface area (Å²) in [4.78, 5) is 24.4. The van der Waals surface area contributed by atoms with Crippen molar-refractivity contribution < 1.29 is 9.59 Å². The Morgan fingerprint density at radius 2 is 1.72 bits per heavy atom. The van der Waals surface area contributed by atoms with E-state index >= 15 is 0 Å². The van der Waals surface area contributed by atoms with Gasteiger partial charge in [0, 0.05) is 16.8 Å². The summed E-state index contributed by atoms with van der Waals surface area (Å²) in [5.74, 6) is 0.545. The highest BCUT2D eigenvalue weighted by Crippen LogP contribution is 2.20. The Morgan fingerprint density at radius 1 is 1.00 bits per heavy atom. The second-order valence-electron chi connectivity index (χ2n) is 6.52. The molecule has 0 bridgehead atoms. The van der Waals surface area contributed by atoms with Crippen LogP contribution in [0.15, 0.2) is 54.6 Å². The molecule has 0 unspecified atom stereocenters. The van der Waals surface area contributed by atoms with Gasteiger partial charge in [-0.1, -0.05) is 29.8 Å². The number of thioether (sulfide) groups is 1. The molecule has 2 aromatic carbocycles. The fraction of sp³-hybridized carbons (Fsp3) is 0.190. The van der Waals surface area contributed by atoms with Crippen LogP contribution in [-0.2, 0) is 9.59 Å². The molecule has 0 spiro atoms. The highest BCUT2D eigenvalue weighted by molar-refractivity contribution is 8.00. The number of carbonyl (C=O) groups excluding carboxylic acids is 2. The van der Waals surface area contributed by atoms with E-state index in [1.54, 1.807) is 22.9 Å². The minimum absolute atomic E-state index is 0.145. The van der Waals surface area contributed by atoms with Gasteiger partial charge in [0.15, 0.2) is 0 Å². The van der Waals surface area contributed by atoms with Crippen LogP contribution >= 0.6 is 23.4 Å². The number of nitrogens with zero attached hydrogens (tertiary/aromatic N) is 2. The van der Waals surface area contributed by atoms with Crippen molar-refractivity contribution in [2.45, 2.75) is 13.8 Å². The number of aromatic nitrogens is 2. The Balaban J connectivity index is 1.53. The number of hydrogen-bond donors (Lipinski definition) is 2. The smallest absolute Gasteiger partial charge is 0.235 e. The molecular weight excluding hydrogens is 408 g/mol. The van der Waals surface area contributed by atoms with Crippen LogP contribution < -0.4 is 10.6 Å². The van der Waals surface area contributed by atoms with Gasteiger partial charge in [-0.15, -0.1) is 11.8 Å². The lowest BCUT2D eigenvalue weighted by atomic mass is 10.2. The Labute approximate surface area is 178 Å². The third kappa shape index (κ3) is 6.10. The lowest BCUT2D eigenvalue weighted by molar-refractivity contribution is -0.114. The van der Waals surface area contributed by atoms with Crippen molar-refractivity contribution in [2.24, 2.45) is 0 Å². The number of carbonyl (C=O) groups is 2. The average Bonchev–Trinajstić information content (AvgIpc) is 3.02. The molecule has 0 aliphatic carbocycles. The number of nitrogens with one attached hydrogen (secondary N) is 2. The largest absolute Gasteiger partial charge is 0.325 e. The second kappa shape index (κ2) is 9.62. The van der Waals surface area contributed by atoms with Crippen LogP contribution in [0.5, 0.6) is 0 Å². The summed E-state index contributed by atoms with van der Waals surface area (Å²) in [7, 11) is 0. The van der Waals surface area contributed by atoms with Crippen molar-refractivity contribution in [3.63, 3.8) is 0 Å². The van der Waals surface area contributed by atoms with Crippen LogP contribution in [0.1, 0.15) is 11.3 Å². The normalized spacial score (nSPS) is 10.6. The molecule has 0 aliphatic rings. The first kappa shape index (κ1) is 21.0. The number of halogens is 1. The molecule has 0 atom stereocenters. The summed E-state index contributed by atoms with van der Waals surface area (Å²) in [6.07, 6.45) is 0. The monoisotopic (exact) mass is 428 g/mol. The van der Waals surface area contributed by atoms with Gasteiger partial charge in [0.2, 0.25) is 11.8 Å². The zero-order chi connectivity index (χ0) is 20.8. The molecule has 150 valence electrons. The summed E-state index contributed by atoms with van der Waals surface area (Å²) in [6.45, 7) is 3.81. The summed E-state index contributed by atoms with van der Waals surface area (Å²) in [6, 6.07) is 16.6. The van der Waals surface area contributed by atoms with E-state index in [-0.39, 0.29) is 23.3 Å². The van der Waals surface area contributed by atoms with Crippen molar-refractivity contribution in [3.8, 4) is 5.69 Å². The average molecular weight is 429 g/mol. The van der Waals surface area contributed by atoms with Gasteiger partial charge in [0.25, 0.3) is 0 Å². The molecule has 0 aliphatic heterocycles. The fourth-order valence-corrected chi connectivity index (χ4v) is 3.53. The molecule has 8 heteroatoms. The van der Waals surface area contributed by atoms with Crippen molar-refractivity contribution in [3.05, 3.63) is 70.9 Å². The molecule has 2 N–H and O–H groups in total.